The number of halogens is 1. The summed E-state index contributed by atoms with van der Waals surface area (Å²) >= 11 is 0. The summed E-state index contributed by atoms with van der Waals surface area (Å²) < 4.78 is 5.15. The summed E-state index contributed by atoms with van der Waals surface area (Å²) in [5.41, 5.74) is 5.86. The molecule has 0 aliphatic heterocycles. The molecular formula is C15H27ClN4O2. The maximum atomic E-state index is 11.9. The molecule has 22 heavy (non-hydrogen) atoms. The smallest absolute Gasteiger partial charge is 0.226 e. The minimum absolute atomic E-state index is 0. The third kappa shape index (κ3) is 6.32. The molecule has 1 aliphatic rings. The van der Waals surface area contributed by atoms with Crippen LogP contribution in [0, 0.1) is 0 Å². The van der Waals surface area contributed by atoms with Crippen LogP contribution in [0.3, 0.4) is 0 Å². The molecule has 1 fully saturated rings. The summed E-state index contributed by atoms with van der Waals surface area (Å²) in [5, 5.41) is 7.00. The second-order valence-electron chi connectivity index (χ2n) is 5.89. The van der Waals surface area contributed by atoms with E-state index in [0.717, 1.165) is 50.8 Å². The minimum Gasteiger partial charge on any atom is -0.353 e. The highest BCUT2D eigenvalue weighted by molar-refractivity contribution is 5.85. The zero-order chi connectivity index (χ0) is 15.1. The summed E-state index contributed by atoms with van der Waals surface area (Å²) in [5.74, 6) is 1.51. The average molecular weight is 331 g/mol. The number of aryl methyl sites for hydroxylation is 2. The van der Waals surface area contributed by atoms with E-state index >= 15 is 0 Å². The molecular weight excluding hydrogens is 304 g/mol. The van der Waals surface area contributed by atoms with E-state index in [0.29, 0.717) is 30.8 Å². The number of carbonyl (C=O) groups excluding carboxylic acids is 1. The Kier molecular flexibility index (Phi) is 8.42. The highest BCUT2D eigenvalue weighted by Gasteiger charge is 2.19. The van der Waals surface area contributed by atoms with Crippen LogP contribution >= 0.6 is 12.4 Å². The number of hydrogen-bond donors (Lipinski definition) is 2. The predicted molar refractivity (Wildman–Crippen MR) is 86.9 cm³/mol. The lowest BCUT2D eigenvalue weighted by atomic mass is 9.92. The summed E-state index contributed by atoms with van der Waals surface area (Å²) in [6.07, 6.45) is 7.77. The molecule has 0 radical (unpaired) electrons. The van der Waals surface area contributed by atoms with E-state index in [4.69, 9.17) is 10.3 Å². The zero-order valence-electron chi connectivity index (χ0n) is 13.2. The molecule has 0 saturated heterocycles. The van der Waals surface area contributed by atoms with Gasteiger partial charge in [0.25, 0.3) is 0 Å². The van der Waals surface area contributed by atoms with Crippen LogP contribution in [0.2, 0.25) is 0 Å². The molecule has 0 spiro atoms. The first-order valence-electron chi connectivity index (χ1n) is 8.03. The number of carbonyl (C=O) groups is 1. The van der Waals surface area contributed by atoms with Gasteiger partial charge in [-0.25, -0.2) is 0 Å². The number of nitrogens with two attached hydrogens (primary N) is 1. The molecule has 0 bridgehead atoms. The van der Waals surface area contributed by atoms with Crippen molar-refractivity contribution >= 4 is 18.3 Å². The predicted octanol–water partition coefficient (Wildman–Crippen LogP) is 2.15. The van der Waals surface area contributed by atoms with Gasteiger partial charge in [0.1, 0.15) is 0 Å². The van der Waals surface area contributed by atoms with Crippen LogP contribution in [-0.2, 0) is 17.6 Å². The lowest BCUT2D eigenvalue weighted by Crippen LogP contribution is -2.40. The van der Waals surface area contributed by atoms with Crippen molar-refractivity contribution in [2.75, 3.05) is 0 Å². The third-order valence-electron chi connectivity index (χ3n) is 3.92. The fourth-order valence-electron chi connectivity index (χ4n) is 2.68. The molecule has 1 aromatic heterocycles. The number of aromatic nitrogens is 2. The Morgan fingerprint density at radius 2 is 2.05 bits per heavy atom. The van der Waals surface area contributed by atoms with Crippen molar-refractivity contribution in [1.82, 2.24) is 15.5 Å². The van der Waals surface area contributed by atoms with Crippen molar-refractivity contribution in [3.63, 3.8) is 0 Å². The Bertz CT molecular complexity index is 445. The van der Waals surface area contributed by atoms with Gasteiger partial charge in [0.05, 0.1) is 0 Å². The van der Waals surface area contributed by atoms with E-state index in [1.807, 2.05) is 0 Å². The monoisotopic (exact) mass is 330 g/mol. The molecule has 1 aromatic rings. The molecule has 0 atom stereocenters. The Hall–Kier alpha value is -1.14. The molecule has 1 heterocycles. The third-order valence-corrected chi connectivity index (χ3v) is 3.92. The van der Waals surface area contributed by atoms with E-state index in [-0.39, 0.29) is 18.3 Å². The molecule has 1 saturated carbocycles. The van der Waals surface area contributed by atoms with Crippen molar-refractivity contribution in [3.05, 3.63) is 11.7 Å². The van der Waals surface area contributed by atoms with Gasteiger partial charge >= 0.3 is 0 Å². The quantitative estimate of drug-likeness (QED) is 0.798. The van der Waals surface area contributed by atoms with Gasteiger partial charge in [-0.15, -0.1) is 12.4 Å². The van der Waals surface area contributed by atoms with Gasteiger partial charge in [0.15, 0.2) is 5.82 Å². The Labute approximate surface area is 138 Å². The number of nitrogens with zero attached hydrogens (tertiary/aromatic N) is 2. The zero-order valence-corrected chi connectivity index (χ0v) is 14.0. The Balaban J connectivity index is 0.00000242. The number of hydrogen-bond acceptors (Lipinski definition) is 5. The first kappa shape index (κ1) is 18.9. The Morgan fingerprint density at radius 1 is 1.32 bits per heavy atom. The first-order chi connectivity index (χ1) is 10.2. The SMILES string of the molecule is CCCc1noc(CCCC(=O)NC2CCC(N)CC2)n1.Cl. The van der Waals surface area contributed by atoms with Gasteiger partial charge in [-0.05, 0) is 38.5 Å². The van der Waals surface area contributed by atoms with E-state index < -0.39 is 0 Å². The number of amides is 1. The van der Waals surface area contributed by atoms with E-state index in [2.05, 4.69) is 22.4 Å². The van der Waals surface area contributed by atoms with Crippen LogP contribution in [0.1, 0.15) is 63.6 Å². The highest BCUT2D eigenvalue weighted by Crippen LogP contribution is 2.17. The second-order valence-corrected chi connectivity index (χ2v) is 5.89. The first-order valence-corrected chi connectivity index (χ1v) is 8.03. The van der Waals surface area contributed by atoms with Gasteiger partial charge in [-0.3, -0.25) is 4.79 Å². The topological polar surface area (TPSA) is 94.0 Å². The summed E-state index contributed by atoms with van der Waals surface area (Å²) in [7, 11) is 0. The summed E-state index contributed by atoms with van der Waals surface area (Å²) in [6, 6.07) is 0.616. The minimum atomic E-state index is 0. The lowest BCUT2D eigenvalue weighted by molar-refractivity contribution is -0.122. The molecule has 2 rings (SSSR count). The molecule has 0 unspecified atom stereocenters. The van der Waals surface area contributed by atoms with Crippen LogP contribution in [0.15, 0.2) is 4.52 Å². The molecule has 126 valence electrons. The van der Waals surface area contributed by atoms with Crippen LogP contribution < -0.4 is 11.1 Å². The lowest BCUT2D eigenvalue weighted by Gasteiger charge is -2.26. The molecule has 6 nitrogen and oxygen atoms in total. The fourth-order valence-corrected chi connectivity index (χ4v) is 2.68. The van der Waals surface area contributed by atoms with E-state index in [1.54, 1.807) is 0 Å². The van der Waals surface area contributed by atoms with E-state index in [1.165, 1.54) is 0 Å². The van der Waals surface area contributed by atoms with Crippen LogP contribution in [-0.4, -0.2) is 28.1 Å². The molecule has 3 N–H and O–H groups in total. The summed E-state index contributed by atoms with van der Waals surface area (Å²) in [6.45, 7) is 2.08. The standard InChI is InChI=1S/C15H26N4O2.ClH/c1-2-4-13-18-15(21-19-13)6-3-5-14(20)17-12-9-7-11(16)8-10-12;/h11-12H,2-10,16H2,1H3,(H,17,20);1H. The maximum Gasteiger partial charge on any atom is 0.226 e. The van der Waals surface area contributed by atoms with Crippen LogP contribution in [0.5, 0.6) is 0 Å². The summed E-state index contributed by atoms with van der Waals surface area (Å²) in [4.78, 5) is 16.2. The molecule has 1 amide bonds. The number of nitrogens with one attached hydrogen (secondary N) is 1. The average Bonchev–Trinajstić information content (AvgIpc) is 2.89. The van der Waals surface area contributed by atoms with Gasteiger partial charge in [0.2, 0.25) is 11.8 Å². The van der Waals surface area contributed by atoms with Gasteiger partial charge in [0, 0.05) is 31.3 Å². The highest BCUT2D eigenvalue weighted by atomic mass is 35.5. The molecule has 0 aromatic carbocycles. The van der Waals surface area contributed by atoms with Crippen molar-refractivity contribution in [2.24, 2.45) is 5.73 Å². The van der Waals surface area contributed by atoms with Crippen molar-refractivity contribution in [3.8, 4) is 0 Å². The van der Waals surface area contributed by atoms with Gasteiger partial charge < -0.3 is 15.6 Å². The van der Waals surface area contributed by atoms with Crippen molar-refractivity contribution < 1.29 is 9.32 Å². The van der Waals surface area contributed by atoms with Gasteiger partial charge in [-0.1, -0.05) is 12.1 Å². The normalized spacial score (nSPS) is 21.2. The fraction of sp³-hybridized carbons (Fsp3) is 0.800. The maximum absolute atomic E-state index is 11.9. The number of rotatable bonds is 7. The second kappa shape index (κ2) is 9.79. The van der Waals surface area contributed by atoms with E-state index in [9.17, 15) is 4.79 Å². The molecule has 1 aliphatic carbocycles. The largest absolute Gasteiger partial charge is 0.353 e. The van der Waals surface area contributed by atoms with Crippen LogP contribution in [0.25, 0.3) is 0 Å². The molecule has 7 heteroatoms. The van der Waals surface area contributed by atoms with Gasteiger partial charge in [-0.2, -0.15) is 4.98 Å². The van der Waals surface area contributed by atoms with Crippen LogP contribution in [0.4, 0.5) is 0 Å². The van der Waals surface area contributed by atoms with Crippen molar-refractivity contribution in [2.45, 2.75) is 76.8 Å². The Morgan fingerprint density at radius 3 is 2.73 bits per heavy atom. The van der Waals surface area contributed by atoms with Crippen molar-refractivity contribution in [1.29, 1.82) is 0 Å².